The molecule has 9 rings (SSSR count). The van der Waals surface area contributed by atoms with Crippen LogP contribution in [0.2, 0.25) is 0 Å². The molecule has 0 heterocycles. The van der Waals surface area contributed by atoms with E-state index in [9.17, 15) is 0 Å². The molecule has 9 aromatic carbocycles. The average molecular weight is 825 g/mol. The number of phosphoric ester groups is 1. The maximum atomic E-state index is 15.0. The fraction of sp³-hybridized carbons (Fsp3) is 0.0526. The van der Waals surface area contributed by atoms with Crippen LogP contribution in [0, 0.1) is 0 Å². The second kappa shape index (κ2) is 18.9. The van der Waals surface area contributed by atoms with Crippen LogP contribution in [0.25, 0.3) is 0 Å². The van der Waals surface area contributed by atoms with Crippen LogP contribution in [-0.4, -0.2) is 0 Å². The minimum absolute atomic E-state index is 0.00557. The summed E-state index contributed by atoms with van der Waals surface area (Å²) in [5.41, 5.74) is 10.2. The van der Waals surface area contributed by atoms with E-state index in [-0.39, 0.29) is 17.8 Å². The van der Waals surface area contributed by atoms with Crippen LogP contribution in [0.1, 0.15) is 67.8 Å². The monoisotopic (exact) mass is 824 g/mol. The summed E-state index contributed by atoms with van der Waals surface area (Å²) in [6, 6.07) is 85.5. The molecule has 0 aliphatic heterocycles. The number of rotatable bonds is 15. The van der Waals surface area contributed by atoms with E-state index in [2.05, 4.69) is 146 Å². The van der Waals surface area contributed by atoms with Crippen LogP contribution in [0.4, 0.5) is 0 Å². The molecule has 0 aliphatic rings. The lowest BCUT2D eigenvalue weighted by Crippen LogP contribution is -2.09. The SMILES string of the molecule is O=P(Oc1ccc(C(c2ccccc2)c2ccccc2)cc1)(Oc1ccc(C(c2ccccc2)c2ccccc2)cc1)Oc1ccc(C(c2ccccc2)c2ccccc2)cc1. The maximum absolute atomic E-state index is 15.0. The van der Waals surface area contributed by atoms with Crippen molar-refractivity contribution in [2.45, 2.75) is 17.8 Å². The van der Waals surface area contributed by atoms with Crippen molar-refractivity contribution in [3.63, 3.8) is 0 Å². The van der Waals surface area contributed by atoms with Gasteiger partial charge in [-0.3, -0.25) is 0 Å². The van der Waals surface area contributed by atoms with Crippen molar-refractivity contribution in [1.29, 1.82) is 0 Å². The third-order valence-corrected chi connectivity index (χ3v) is 12.4. The fourth-order valence-corrected chi connectivity index (χ4v) is 9.46. The lowest BCUT2D eigenvalue weighted by Gasteiger charge is -2.22. The number of hydrogen-bond acceptors (Lipinski definition) is 4. The van der Waals surface area contributed by atoms with Crippen LogP contribution in [0.5, 0.6) is 17.2 Å². The predicted octanol–water partition coefficient (Wildman–Crippen LogP) is 14.9. The Balaban J connectivity index is 1.03. The molecule has 0 amide bonds. The van der Waals surface area contributed by atoms with Gasteiger partial charge in [0.2, 0.25) is 0 Å². The minimum Gasteiger partial charge on any atom is -0.386 e. The first-order valence-electron chi connectivity index (χ1n) is 20.9. The highest BCUT2D eigenvalue weighted by molar-refractivity contribution is 7.49. The van der Waals surface area contributed by atoms with Crippen molar-refractivity contribution >= 4 is 7.82 Å². The van der Waals surface area contributed by atoms with Gasteiger partial charge >= 0.3 is 7.82 Å². The summed E-state index contributed by atoms with van der Waals surface area (Å²) < 4.78 is 33.9. The Morgan fingerprint density at radius 2 is 0.387 bits per heavy atom. The van der Waals surface area contributed by atoms with Gasteiger partial charge in [0.05, 0.1) is 0 Å². The predicted molar refractivity (Wildman–Crippen MR) is 250 cm³/mol. The molecule has 302 valence electrons. The largest absolute Gasteiger partial charge is 0.647 e. The Morgan fingerprint density at radius 1 is 0.226 bits per heavy atom. The standard InChI is InChI=1S/C57H45O4P/c58-62(59-52-37-31-49(32-38-52)55(43-19-7-1-8-20-43)44-21-9-2-10-22-44,60-53-39-33-50(34-40-53)56(45-23-11-3-12-24-45)46-25-13-4-14-26-46)61-54-41-35-51(36-42-54)57(47-27-15-5-16-28-47)48-29-17-6-18-30-48/h1-42,55-57H. The Labute approximate surface area is 364 Å². The molecule has 0 aliphatic carbocycles. The molecule has 9 aromatic rings. The third kappa shape index (κ3) is 9.48. The fourth-order valence-electron chi connectivity index (χ4n) is 8.21. The summed E-state index contributed by atoms with van der Waals surface area (Å²) in [6.45, 7) is 0. The smallest absolute Gasteiger partial charge is 0.386 e. The van der Waals surface area contributed by atoms with Gasteiger partial charge in [-0.15, -0.1) is 0 Å². The average Bonchev–Trinajstić information content (AvgIpc) is 3.33. The molecular formula is C57H45O4P. The topological polar surface area (TPSA) is 44.8 Å². The first-order chi connectivity index (χ1) is 30.6. The summed E-state index contributed by atoms with van der Waals surface area (Å²) in [6.07, 6.45) is 0. The highest BCUT2D eigenvalue weighted by Crippen LogP contribution is 2.51. The lowest BCUT2D eigenvalue weighted by molar-refractivity contribution is 0.298. The molecule has 62 heavy (non-hydrogen) atoms. The Hall–Kier alpha value is -7.39. The number of benzene rings is 9. The molecule has 0 saturated carbocycles. The molecule has 0 fully saturated rings. The molecule has 0 atom stereocenters. The van der Waals surface area contributed by atoms with Gasteiger partial charge in [-0.05, 0) is 86.5 Å². The van der Waals surface area contributed by atoms with E-state index < -0.39 is 7.82 Å². The molecule has 0 aromatic heterocycles. The molecule has 0 saturated heterocycles. The summed E-state index contributed by atoms with van der Waals surface area (Å²) in [5, 5.41) is 0. The molecule has 0 N–H and O–H groups in total. The zero-order valence-electron chi connectivity index (χ0n) is 34.1. The second-order valence-corrected chi connectivity index (χ2v) is 16.6. The number of phosphoric acid groups is 1. The molecule has 0 unspecified atom stereocenters. The van der Waals surface area contributed by atoms with Gasteiger partial charge in [-0.25, -0.2) is 0 Å². The normalized spacial score (nSPS) is 11.4. The van der Waals surface area contributed by atoms with E-state index in [4.69, 9.17) is 13.6 Å². The molecule has 0 spiro atoms. The van der Waals surface area contributed by atoms with E-state index in [1.807, 2.05) is 109 Å². The highest BCUT2D eigenvalue weighted by atomic mass is 31.2. The Morgan fingerprint density at radius 3 is 0.565 bits per heavy atom. The van der Waals surface area contributed by atoms with Crippen LogP contribution < -0.4 is 13.6 Å². The molecule has 0 radical (unpaired) electrons. The van der Waals surface area contributed by atoms with Crippen LogP contribution in [0.3, 0.4) is 0 Å². The van der Waals surface area contributed by atoms with E-state index in [1.54, 1.807) is 0 Å². The van der Waals surface area contributed by atoms with Crippen molar-refractivity contribution in [3.05, 3.63) is 305 Å². The lowest BCUT2D eigenvalue weighted by atomic mass is 9.85. The van der Waals surface area contributed by atoms with Crippen LogP contribution in [0.15, 0.2) is 255 Å². The van der Waals surface area contributed by atoms with Crippen molar-refractivity contribution < 1.29 is 18.1 Å². The Kier molecular flexibility index (Phi) is 12.2. The Bertz CT molecular complexity index is 2370. The third-order valence-electron chi connectivity index (χ3n) is 11.1. The van der Waals surface area contributed by atoms with Crippen LogP contribution in [-0.2, 0) is 4.57 Å². The maximum Gasteiger partial charge on any atom is 0.647 e. The first-order valence-corrected chi connectivity index (χ1v) is 22.3. The minimum atomic E-state index is -4.35. The molecular weight excluding hydrogens is 780 g/mol. The highest BCUT2D eigenvalue weighted by Gasteiger charge is 2.34. The van der Waals surface area contributed by atoms with Gasteiger partial charge in [-0.1, -0.05) is 218 Å². The summed E-state index contributed by atoms with van der Waals surface area (Å²) in [4.78, 5) is 0. The van der Waals surface area contributed by atoms with E-state index in [0.717, 1.165) is 16.7 Å². The molecule has 4 nitrogen and oxygen atoms in total. The summed E-state index contributed by atoms with van der Waals surface area (Å²) in [5.74, 6) is 1.04. The van der Waals surface area contributed by atoms with Crippen molar-refractivity contribution in [3.8, 4) is 17.2 Å². The van der Waals surface area contributed by atoms with Gasteiger partial charge in [0.15, 0.2) is 0 Å². The van der Waals surface area contributed by atoms with Crippen molar-refractivity contribution in [1.82, 2.24) is 0 Å². The van der Waals surface area contributed by atoms with Crippen molar-refractivity contribution in [2.24, 2.45) is 0 Å². The zero-order valence-corrected chi connectivity index (χ0v) is 35.0. The van der Waals surface area contributed by atoms with E-state index in [0.29, 0.717) is 17.2 Å². The van der Waals surface area contributed by atoms with E-state index >= 15 is 4.57 Å². The molecule has 5 heteroatoms. The van der Waals surface area contributed by atoms with Gasteiger partial charge in [0, 0.05) is 17.8 Å². The first kappa shape index (κ1) is 40.0. The molecule has 0 bridgehead atoms. The second-order valence-electron chi connectivity index (χ2n) is 15.2. The summed E-state index contributed by atoms with van der Waals surface area (Å²) in [7, 11) is -4.35. The zero-order chi connectivity index (χ0) is 42.0. The van der Waals surface area contributed by atoms with Gasteiger partial charge in [-0.2, -0.15) is 4.57 Å². The van der Waals surface area contributed by atoms with Gasteiger partial charge in [0.1, 0.15) is 17.2 Å². The van der Waals surface area contributed by atoms with Crippen LogP contribution >= 0.6 is 7.82 Å². The quantitative estimate of drug-likeness (QED) is 0.0763. The van der Waals surface area contributed by atoms with Crippen molar-refractivity contribution in [2.75, 3.05) is 0 Å². The summed E-state index contributed by atoms with van der Waals surface area (Å²) >= 11 is 0. The number of hydrogen-bond donors (Lipinski definition) is 0. The van der Waals surface area contributed by atoms with Gasteiger partial charge in [0.25, 0.3) is 0 Å². The van der Waals surface area contributed by atoms with Gasteiger partial charge < -0.3 is 13.6 Å². The van der Waals surface area contributed by atoms with E-state index in [1.165, 1.54) is 33.4 Å².